The highest BCUT2D eigenvalue weighted by Crippen LogP contribution is 2.23. The Bertz CT molecular complexity index is 579. The topological polar surface area (TPSA) is 76.9 Å². The maximum atomic E-state index is 7.58. The smallest absolute Gasteiger partial charge is 0.157 e. The maximum Gasteiger partial charge on any atom is 0.157 e. The van der Waals surface area contributed by atoms with Crippen molar-refractivity contribution in [1.29, 1.82) is 5.41 Å². The minimum Gasteiger partial charge on any atom is -0.491 e. The monoisotopic (exact) mass is 264 g/mol. The van der Waals surface area contributed by atoms with Gasteiger partial charge in [0.2, 0.25) is 0 Å². The van der Waals surface area contributed by atoms with Gasteiger partial charge in [-0.3, -0.25) is 5.41 Å². The van der Waals surface area contributed by atoms with Crippen LogP contribution in [0, 0.1) is 5.41 Å². The van der Waals surface area contributed by atoms with Crippen molar-refractivity contribution in [2.45, 2.75) is 6.92 Å². The molecule has 0 saturated carbocycles. The average molecular weight is 265 g/mol. The first kappa shape index (κ1) is 12.4. The van der Waals surface area contributed by atoms with Gasteiger partial charge in [-0.15, -0.1) is 0 Å². The second-order valence-electron chi connectivity index (χ2n) is 3.60. The average Bonchev–Trinajstić information content (AvgIpc) is 2.77. The van der Waals surface area contributed by atoms with Crippen LogP contribution in [-0.4, -0.2) is 22.2 Å². The summed E-state index contributed by atoms with van der Waals surface area (Å²) < 4.78 is 6.93. The van der Waals surface area contributed by atoms with E-state index in [0.29, 0.717) is 28.6 Å². The lowest BCUT2D eigenvalue weighted by Crippen LogP contribution is -2.15. The molecule has 1 aromatic heterocycles. The van der Waals surface area contributed by atoms with Gasteiger partial charge >= 0.3 is 0 Å². The van der Waals surface area contributed by atoms with Crippen molar-refractivity contribution in [2.24, 2.45) is 5.73 Å². The van der Waals surface area contributed by atoms with Crippen molar-refractivity contribution in [3.05, 3.63) is 41.2 Å². The van der Waals surface area contributed by atoms with Crippen LogP contribution in [0.2, 0.25) is 5.02 Å². The summed E-state index contributed by atoms with van der Waals surface area (Å²) >= 11 is 6.05. The first-order valence-electron chi connectivity index (χ1n) is 5.44. The third-order valence-corrected chi connectivity index (χ3v) is 2.69. The van der Waals surface area contributed by atoms with Crippen LogP contribution in [-0.2, 0) is 0 Å². The molecule has 0 amide bonds. The SMILES string of the molecule is CCOc1cnn(-c2cccc(Cl)c2C(=N)N)c1. The highest BCUT2D eigenvalue weighted by Gasteiger charge is 2.12. The summed E-state index contributed by atoms with van der Waals surface area (Å²) in [5.74, 6) is 0.566. The first-order valence-corrected chi connectivity index (χ1v) is 5.82. The van der Waals surface area contributed by atoms with Crippen molar-refractivity contribution in [3.63, 3.8) is 0 Å². The number of benzene rings is 1. The van der Waals surface area contributed by atoms with Gasteiger partial charge in [-0.05, 0) is 19.1 Å². The van der Waals surface area contributed by atoms with Crippen molar-refractivity contribution >= 4 is 17.4 Å². The highest BCUT2D eigenvalue weighted by atomic mass is 35.5. The Kier molecular flexibility index (Phi) is 3.53. The van der Waals surface area contributed by atoms with Gasteiger partial charge < -0.3 is 10.5 Å². The molecule has 0 aliphatic rings. The van der Waals surface area contributed by atoms with Crippen LogP contribution in [0.4, 0.5) is 0 Å². The van der Waals surface area contributed by atoms with Gasteiger partial charge in [-0.1, -0.05) is 17.7 Å². The lowest BCUT2D eigenvalue weighted by atomic mass is 10.1. The molecule has 5 nitrogen and oxygen atoms in total. The van der Waals surface area contributed by atoms with Gasteiger partial charge in [0.25, 0.3) is 0 Å². The molecule has 0 atom stereocenters. The van der Waals surface area contributed by atoms with E-state index in [4.69, 9.17) is 27.5 Å². The second-order valence-corrected chi connectivity index (χ2v) is 4.01. The number of hydrogen-bond donors (Lipinski definition) is 2. The minimum absolute atomic E-state index is 0.0935. The van der Waals surface area contributed by atoms with E-state index in [9.17, 15) is 0 Å². The Morgan fingerprint density at radius 1 is 1.56 bits per heavy atom. The zero-order chi connectivity index (χ0) is 13.1. The lowest BCUT2D eigenvalue weighted by molar-refractivity contribution is 0.340. The standard InChI is InChI=1S/C12H13ClN4O/c1-2-18-8-6-16-17(7-8)10-5-3-4-9(13)11(10)12(14)15/h3-7H,2H2,1H3,(H3,14,15). The Labute approximate surface area is 110 Å². The van der Waals surface area contributed by atoms with Gasteiger partial charge in [0.15, 0.2) is 5.75 Å². The van der Waals surface area contributed by atoms with Crippen molar-refractivity contribution in [2.75, 3.05) is 6.61 Å². The molecular weight excluding hydrogens is 252 g/mol. The molecule has 94 valence electrons. The van der Waals surface area contributed by atoms with Crippen molar-refractivity contribution < 1.29 is 4.74 Å². The van der Waals surface area contributed by atoms with Gasteiger partial charge in [-0.2, -0.15) is 5.10 Å². The molecule has 0 aliphatic heterocycles. The van der Waals surface area contributed by atoms with Gasteiger partial charge in [0.1, 0.15) is 5.84 Å². The van der Waals surface area contributed by atoms with Gasteiger partial charge in [-0.25, -0.2) is 4.68 Å². The summed E-state index contributed by atoms with van der Waals surface area (Å²) in [5, 5.41) is 12.2. The lowest BCUT2D eigenvalue weighted by Gasteiger charge is -2.09. The van der Waals surface area contributed by atoms with E-state index in [1.165, 1.54) is 0 Å². The number of nitrogens with two attached hydrogens (primary N) is 1. The van der Waals surface area contributed by atoms with E-state index >= 15 is 0 Å². The van der Waals surface area contributed by atoms with Crippen molar-refractivity contribution in [3.8, 4) is 11.4 Å². The van der Waals surface area contributed by atoms with Crippen LogP contribution in [0.3, 0.4) is 0 Å². The molecule has 0 saturated heterocycles. The van der Waals surface area contributed by atoms with E-state index < -0.39 is 0 Å². The summed E-state index contributed by atoms with van der Waals surface area (Å²) in [6.45, 7) is 2.47. The van der Waals surface area contributed by atoms with Crippen molar-refractivity contribution in [1.82, 2.24) is 9.78 Å². The number of rotatable bonds is 4. The zero-order valence-electron chi connectivity index (χ0n) is 9.85. The number of halogens is 1. The molecule has 0 spiro atoms. The predicted molar refractivity (Wildman–Crippen MR) is 70.8 cm³/mol. The Balaban J connectivity index is 2.49. The molecule has 1 heterocycles. The second kappa shape index (κ2) is 5.10. The van der Waals surface area contributed by atoms with Crippen LogP contribution in [0.5, 0.6) is 5.75 Å². The van der Waals surface area contributed by atoms with Crippen LogP contribution in [0.1, 0.15) is 12.5 Å². The summed E-state index contributed by atoms with van der Waals surface area (Å²) in [6.07, 6.45) is 3.33. The fourth-order valence-corrected chi connectivity index (χ4v) is 1.92. The Morgan fingerprint density at radius 3 is 3.00 bits per heavy atom. The zero-order valence-corrected chi connectivity index (χ0v) is 10.6. The molecule has 0 unspecified atom stereocenters. The molecule has 18 heavy (non-hydrogen) atoms. The van der Waals surface area contributed by atoms with E-state index in [1.807, 2.05) is 6.92 Å². The summed E-state index contributed by atoms with van der Waals surface area (Å²) in [5.41, 5.74) is 6.66. The van der Waals surface area contributed by atoms with E-state index in [-0.39, 0.29) is 5.84 Å². The fraction of sp³-hybridized carbons (Fsp3) is 0.167. The molecular formula is C12H13ClN4O. The first-order chi connectivity index (χ1) is 8.63. The van der Waals surface area contributed by atoms with Crippen LogP contribution >= 0.6 is 11.6 Å². The third kappa shape index (κ3) is 2.31. The number of ether oxygens (including phenoxy) is 1. The summed E-state index contributed by atoms with van der Waals surface area (Å²) in [4.78, 5) is 0. The highest BCUT2D eigenvalue weighted by molar-refractivity contribution is 6.34. The van der Waals surface area contributed by atoms with E-state index in [1.54, 1.807) is 35.3 Å². The van der Waals surface area contributed by atoms with Crippen LogP contribution < -0.4 is 10.5 Å². The molecule has 2 rings (SSSR count). The molecule has 0 radical (unpaired) electrons. The number of hydrogen-bond acceptors (Lipinski definition) is 3. The van der Waals surface area contributed by atoms with Crippen LogP contribution in [0.15, 0.2) is 30.6 Å². The molecule has 6 heteroatoms. The number of aromatic nitrogens is 2. The minimum atomic E-state index is -0.0935. The quantitative estimate of drug-likeness (QED) is 0.657. The normalized spacial score (nSPS) is 10.3. The molecule has 3 N–H and O–H groups in total. The molecule has 0 bridgehead atoms. The molecule has 2 aromatic rings. The predicted octanol–water partition coefficient (Wildman–Crippen LogP) is 2.21. The molecule has 0 fully saturated rings. The fourth-order valence-electron chi connectivity index (χ4n) is 1.65. The van der Waals surface area contributed by atoms with E-state index in [2.05, 4.69) is 5.10 Å². The number of nitrogen functional groups attached to an aromatic ring is 1. The maximum absolute atomic E-state index is 7.58. The molecule has 0 aliphatic carbocycles. The van der Waals surface area contributed by atoms with Crippen LogP contribution in [0.25, 0.3) is 5.69 Å². The molecule has 1 aromatic carbocycles. The Hall–Kier alpha value is -2.01. The Morgan fingerprint density at radius 2 is 2.33 bits per heavy atom. The number of nitrogens with one attached hydrogen (secondary N) is 1. The summed E-state index contributed by atoms with van der Waals surface area (Å²) in [7, 11) is 0. The van der Waals surface area contributed by atoms with E-state index in [0.717, 1.165) is 0 Å². The van der Waals surface area contributed by atoms with Gasteiger partial charge in [0.05, 0.1) is 35.3 Å². The van der Waals surface area contributed by atoms with Gasteiger partial charge in [0, 0.05) is 0 Å². The largest absolute Gasteiger partial charge is 0.491 e. The third-order valence-electron chi connectivity index (χ3n) is 2.38. The number of amidine groups is 1. The summed E-state index contributed by atoms with van der Waals surface area (Å²) in [6, 6.07) is 5.27. The number of nitrogens with zero attached hydrogens (tertiary/aromatic N) is 2.